The van der Waals surface area contributed by atoms with E-state index in [2.05, 4.69) is 182 Å². The SMILES string of the molecule is CCC[Si](CCC)(CCC)[C-](C(C)C)[Si](CCC)(CCC)CCC.CCC[Si](CCC)(CCC)[C-](C(C)C)[Si](CCC)(CCC)CCC.CCC[Si](CCC)(CCC)[C-](C(C)C)[Si](CCC)(CCC)CCC.[Cr+3]. The van der Waals surface area contributed by atoms with Crippen molar-refractivity contribution in [3.8, 4) is 0 Å². The minimum absolute atomic E-state index is 0. The molecule has 7 heteroatoms. The molecule has 0 spiro atoms. The predicted octanol–water partition coefficient (Wildman–Crippen LogP) is 26.0. The van der Waals surface area contributed by atoms with Crippen molar-refractivity contribution in [1.82, 2.24) is 0 Å². The van der Waals surface area contributed by atoms with E-state index in [1.54, 1.807) is 109 Å². The van der Waals surface area contributed by atoms with Crippen LogP contribution in [0.4, 0.5) is 0 Å². The Hall–Kier alpha value is 1.83. The fraction of sp³-hybridized carbons (Fsp3) is 0.955. The second kappa shape index (κ2) is 46.4. The molecule has 0 aromatic carbocycles. The molecule has 73 heavy (non-hydrogen) atoms. The average Bonchev–Trinajstić information content (AvgIpc) is 3.28. The maximum Gasteiger partial charge on any atom is 3.00 e. The van der Waals surface area contributed by atoms with Crippen LogP contribution in [-0.4, -0.2) is 48.4 Å². The molecule has 441 valence electrons. The number of hydrogen-bond acceptors (Lipinski definition) is 0. The molecular formula is C66H147CrSi6. The van der Waals surface area contributed by atoms with Gasteiger partial charge >= 0.3 is 17.4 Å². The Kier molecular flexibility index (Phi) is 51.7. The van der Waals surface area contributed by atoms with Gasteiger partial charge in [-0.1, -0.05) is 439 Å². The van der Waals surface area contributed by atoms with Crippen molar-refractivity contribution in [3.63, 3.8) is 0 Å². The van der Waals surface area contributed by atoms with E-state index >= 15 is 0 Å². The van der Waals surface area contributed by atoms with Crippen LogP contribution >= 0.6 is 0 Å². The Labute approximate surface area is 486 Å². The van der Waals surface area contributed by atoms with Crippen molar-refractivity contribution in [1.29, 1.82) is 0 Å². The van der Waals surface area contributed by atoms with Crippen LogP contribution in [0.3, 0.4) is 0 Å². The van der Waals surface area contributed by atoms with Gasteiger partial charge in [-0.2, -0.15) is 17.8 Å². The van der Waals surface area contributed by atoms with E-state index in [0.29, 0.717) is 0 Å². The van der Waals surface area contributed by atoms with Crippen LogP contribution in [0.2, 0.25) is 109 Å². The first-order valence-corrected chi connectivity index (χ1v) is 49.6. The van der Waals surface area contributed by atoms with Crippen LogP contribution in [0.25, 0.3) is 0 Å². The third-order valence-corrected chi connectivity index (χ3v) is 64.4. The van der Waals surface area contributed by atoms with Crippen LogP contribution in [-0.2, 0) is 17.4 Å². The zero-order valence-electron chi connectivity index (χ0n) is 56.1. The number of rotatable bonds is 45. The zero-order valence-corrected chi connectivity index (χ0v) is 63.4. The molecule has 0 saturated carbocycles. The second-order valence-electron chi connectivity index (χ2n) is 25.9. The zero-order chi connectivity index (χ0) is 55.9. The molecule has 0 nitrogen and oxygen atoms in total. The monoisotopic (exact) mass is 1160 g/mol. The van der Waals surface area contributed by atoms with E-state index in [-0.39, 0.29) is 17.4 Å². The molecule has 0 bridgehead atoms. The minimum Gasteiger partial charge on any atom is -0.308 e. The Morgan fingerprint density at radius 1 is 0.178 bits per heavy atom. The summed E-state index contributed by atoms with van der Waals surface area (Å²) < 4.78 is 0. The van der Waals surface area contributed by atoms with Crippen LogP contribution in [0.1, 0.15) is 282 Å². The molecule has 0 fully saturated rings. The van der Waals surface area contributed by atoms with Crippen LogP contribution in [0.5, 0.6) is 0 Å². The molecule has 0 rings (SSSR count). The quantitative estimate of drug-likeness (QED) is 0.0421. The largest absolute Gasteiger partial charge is 3.00 e. The molecule has 1 radical (unpaired) electrons. The van der Waals surface area contributed by atoms with Gasteiger partial charge in [-0.15, -0.1) is 0 Å². The van der Waals surface area contributed by atoms with E-state index in [4.69, 9.17) is 0 Å². The standard InChI is InChI=1S/3C22H49Si2.Cr/c3*1-9-15-23(16-10-2,17-11-3)22(21(7)8)24(18-12-4,19-13-5)20-14-6;/h3*21H,9-20H2,1-8H3;/q3*-1;+3. The Morgan fingerprint density at radius 2 is 0.247 bits per heavy atom. The topological polar surface area (TPSA) is 0 Å². The molecule has 0 amide bonds. The van der Waals surface area contributed by atoms with Gasteiger partial charge in [-0.25, -0.2) is 0 Å². The van der Waals surface area contributed by atoms with Gasteiger partial charge < -0.3 is 15.5 Å². The molecule has 0 unspecified atom stereocenters. The van der Waals surface area contributed by atoms with Gasteiger partial charge in [0.25, 0.3) is 0 Å². The minimum atomic E-state index is -1.26. The number of hydrogen-bond donors (Lipinski definition) is 0. The van der Waals surface area contributed by atoms with Crippen molar-refractivity contribution in [3.05, 3.63) is 15.5 Å². The van der Waals surface area contributed by atoms with Crippen molar-refractivity contribution in [2.24, 2.45) is 17.8 Å². The summed E-state index contributed by atoms with van der Waals surface area (Å²) in [7, 11) is -7.54. The molecule has 0 saturated heterocycles. The van der Waals surface area contributed by atoms with E-state index in [0.717, 1.165) is 17.8 Å². The van der Waals surface area contributed by atoms with Crippen molar-refractivity contribution >= 4 is 48.4 Å². The van der Waals surface area contributed by atoms with Gasteiger partial charge in [-0.3, -0.25) is 0 Å². The van der Waals surface area contributed by atoms with Gasteiger partial charge in [0.2, 0.25) is 0 Å². The summed E-state index contributed by atoms with van der Waals surface area (Å²) in [4.78, 5) is 0. The normalized spacial score (nSPS) is 13.1. The smallest absolute Gasteiger partial charge is 0.308 e. The molecule has 0 aliphatic rings. The third-order valence-electron chi connectivity index (χ3n) is 18.3. The fourth-order valence-corrected chi connectivity index (χ4v) is 72.8. The maximum atomic E-state index is 2.57. The molecule has 0 heterocycles. The van der Waals surface area contributed by atoms with Crippen molar-refractivity contribution in [2.75, 3.05) is 0 Å². The van der Waals surface area contributed by atoms with Crippen LogP contribution < -0.4 is 0 Å². The van der Waals surface area contributed by atoms with Gasteiger partial charge in [-0.05, 0) is 0 Å². The summed E-state index contributed by atoms with van der Waals surface area (Å²) in [5.74, 6) is 2.54. The summed E-state index contributed by atoms with van der Waals surface area (Å²) in [5.41, 5.74) is 0. The first-order chi connectivity index (χ1) is 34.3. The van der Waals surface area contributed by atoms with Gasteiger partial charge in [0.15, 0.2) is 0 Å². The molecule has 0 aliphatic carbocycles. The second-order valence-corrected chi connectivity index (χ2v) is 55.0. The summed E-state index contributed by atoms with van der Waals surface area (Å²) in [6, 6.07) is 28.4. The fourth-order valence-electron chi connectivity index (χ4n) is 18.6. The Bertz CT molecular complexity index is 865. The summed E-state index contributed by atoms with van der Waals surface area (Å²) in [6.07, 6.45) is 25.5. The van der Waals surface area contributed by atoms with Crippen LogP contribution in [0.15, 0.2) is 0 Å². The first kappa shape index (κ1) is 81.3. The van der Waals surface area contributed by atoms with Crippen molar-refractivity contribution in [2.45, 2.75) is 391 Å². The first-order valence-electron chi connectivity index (χ1n) is 33.9. The molecule has 0 N–H and O–H groups in total. The molecule has 0 aliphatic heterocycles. The van der Waals surface area contributed by atoms with E-state index < -0.39 is 48.4 Å². The van der Waals surface area contributed by atoms with E-state index in [1.165, 1.54) is 116 Å². The third kappa shape index (κ3) is 25.7. The molecule has 0 aromatic heterocycles. The Morgan fingerprint density at radius 3 is 0.288 bits per heavy atom. The van der Waals surface area contributed by atoms with Crippen LogP contribution in [0, 0.1) is 33.2 Å². The van der Waals surface area contributed by atoms with E-state index in [9.17, 15) is 0 Å². The summed E-state index contributed by atoms with van der Waals surface area (Å²) in [6.45, 7) is 59.6. The van der Waals surface area contributed by atoms with Gasteiger partial charge in [0, 0.05) is 0 Å². The molecule has 0 atom stereocenters. The van der Waals surface area contributed by atoms with E-state index in [1.807, 2.05) is 0 Å². The molecular weight excluding hydrogens is 1010 g/mol. The molecule has 0 aromatic rings. The summed E-state index contributed by atoms with van der Waals surface area (Å²) in [5, 5.41) is 6.77. The Balaban J connectivity index is -0.000000486. The maximum absolute atomic E-state index is 2.57. The predicted molar refractivity (Wildman–Crippen MR) is 361 cm³/mol. The van der Waals surface area contributed by atoms with Gasteiger partial charge in [0.1, 0.15) is 0 Å². The van der Waals surface area contributed by atoms with Crippen molar-refractivity contribution < 1.29 is 17.4 Å². The average molecular weight is 1160 g/mol. The van der Waals surface area contributed by atoms with Gasteiger partial charge in [0.05, 0.1) is 0 Å². The summed E-state index contributed by atoms with van der Waals surface area (Å²) >= 11 is 0.